The smallest absolute Gasteiger partial charge is 0.295 e. The fourth-order valence-corrected chi connectivity index (χ4v) is 4.07. The fraction of sp³-hybridized carbons (Fsp3) is 0.278. The van der Waals surface area contributed by atoms with Crippen LogP contribution in [-0.2, 0) is 10.0 Å². The van der Waals surface area contributed by atoms with Crippen molar-refractivity contribution in [2.75, 3.05) is 25.6 Å². The molecule has 0 aliphatic carbocycles. The molecule has 0 atom stereocenters. The van der Waals surface area contributed by atoms with E-state index in [0.29, 0.717) is 11.3 Å². The van der Waals surface area contributed by atoms with Gasteiger partial charge in [-0.05, 0) is 35.9 Å². The molecule has 156 valence electrons. The summed E-state index contributed by atoms with van der Waals surface area (Å²) in [7, 11) is -2.40. The third kappa shape index (κ3) is 5.00. The number of phenolic OH excluding ortho intramolecular Hbond substituents is 1. The number of nitrogens with zero attached hydrogens (tertiary/aromatic N) is 3. The van der Waals surface area contributed by atoms with E-state index in [-0.39, 0.29) is 29.4 Å². The van der Waals surface area contributed by atoms with E-state index in [2.05, 4.69) is 10.5 Å². The number of aromatic hydroxyl groups is 1. The molecule has 2 rings (SSSR count). The summed E-state index contributed by atoms with van der Waals surface area (Å²) in [5, 5.41) is 25.1. The molecule has 2 aromatic rings. The second-order valence-electron chi connectivity index (χ2n) is 5.83. The predicted molar refractivity (Wildman–Crippen MR) is 109 cm³/mol. The van der Waals surface area contributed by atoms with Gasteiger partial charge in [0.15, 0.2) is 11.5 Å². The summed E-state index contributed by atoms with van der Waals surface area (Å²) in [5.74, 6) is 0.226. The molecule has 11 heteroatoms. The standard InChI is InChI=1S/C18H22N4O6S/c1-4-21(5-2)29(26,27)14-7-8-15(16(11-14)22(24)25)20-19-12-13-6-9-18(28-3)17(23)10-13/h6-12,20,23H,4-5H2,1-3H3/b19-12+. The van der Waals surface area contributed by atoms with Crippen LogP contribution in [0, 0.1) is 10.1 Å². The van der Waals surface area contributed by atoms with Crippen molar-refractivity contribution < 1.29 is 23.2 Å². The highest BCUT2D eigenvalue weighted by Crippen LogP contribution is 2.29. The van der Waals surface area contributed by atoms with E-state index in [0.717, 1.165) is 6.07 Å². The number of methoxy groups -OCH3 is 1. The first kappa shape index (κ1) is 22.1. The number of phenols is 1. The van der Waals surface area contributed by atoms with Crippen molar-refractivity contribution in [3.63, 3.8) is 0 Å². The van der Waals surface area contributed by atoms with Crippen LogP contribution in [0.2, 0.25) is 0 Å². The highest BCUT2D eigenvalue weighted by atomic mass is 32.2. The van der Waals surface area contributed by atoms with Crippen molar-refractivity contribution in [1.29, 1.82) is 0 Å². The molecular formula is C18H22N4O6S. The van der Waals surface area contributed by atoms with Gasteiger partial charge in [0.05, 0.1) is 23.1 Å². The summed E-state index contributed by atoms with van der Waals surface area (Å²) in [6, 6.07) is 8.18. The van der Waals surface area contributed by atoms with Gasteiger partial charge >= 0.3 is 0 Å². The molecule has 0 heterocycles. The van der Waals surface area contributed by atoms with Gasteiger partial charge in [-0.3, -0.25) is 15.5 Å². The SMILES string of the molecule is CCN(CC)S(=O)(=O)c1ccc(N/N=C/c2ccc(OC)c(O)c2)c([N+](=O)[O-])c1. The van der Waals surface area contributed by atoms with Gasteiger partial charge in [-0.1, -0.05) is 13.8 Å². The Labute approximate surface area is 168 Å². The number of anilines is 1. The van der Waals surface area contributed by atoms with E-state index in [9.17, 15) is 23.6 Å². The maximum absolute atomic E-state index is 12.6. The van der Waals surface area contributed by atoms with E-state index in [1.807, 2.05) is 0 Å². The van der Waals surface area contributed by atoms with Gasteiger partial charge in [0, 0.05) is 19.2 Å². The van der Waals surface area contributed by atoms with Crippen molar-refractivity contribution in [2.45, 2.75) is 18.7 Å². The molecule has 29 heavy (non-hydrogen) atoms. The molecule has 0 aliphatic rings. The lowest BCUT2D eigenvalue weighted by atomic mass is 10.2. The highest BCUT2D eigenvalue weighted by Gasteiger charge is 2.25. The summed E-state index contributed by atoms with van der Waals surface area (Å²) < 4.78 is 31.3. The van der Waals surface area contributed by atoms with Crippen LogP contribution in [0.4, 0.5) is 11.4 Å². The molecule has 0 radical (unpaired) electrons. The second-order valence-corrected chi connectivity index (χ2v) is 7.76. The molecule has 0 aliphatic heterocycles. The highest BCUT2D eigenvalue weighted by molar-refractivity contribution is 7.89. The van der Waals surface area contributed by atoms with E-state index < -0.39 is 20.6 Å². The summed E-state index contributed by atoms with van der Waals surface area (Å²) in [6.45, 7) is 3.89. The average Bonchev–Trinajstić information content (AvgIpc) is 2.68. The molecule has 0 saturated carbocycles. The maximum atomic E-state index is 12.6. The zero-order valence-corrected chi connectivity index (χ0v) is 17.0. The minimum absolute atomic E-state index is 0.0301. The molecule has 2 N–H and O–H groups in total. The van der Waals surface area contributed by atoms with Gasteiger partial charge in [-0.15, -0.1) is 0 Å². The average molecular weight is 422 g/mol. The summed E-state index contributed by atoms with van der Waals surface area (Å²) in [4.78, 5) is 10.6. The predicted octanol–water partition coefficient (Wildman–Crippen LogP) is 2.79. The number of benzene rings is 2. The number of hydrazone groups is 1. The molecule has 0 fully saturated rings. The number of hydrogen-bond donors (Lipinski definition) is 2. The van der Waals surface area contributed by atoms with Crippen molar-refractivity contribution in [1.82, 2.24) is 4.31 Å². The Balaban J connectivity index is 2.30. The van der Waals surface area contributed by atoms with Gasteiger partial charge in [0.2, 0.25) is 10.0 Å². The van der Waals surface area contributed by atoms with Gasteiger partial charge in [-0.25, -0.2) is 8.42 Å². The largest absolute Gasteiger partial charge is 0.504 e. The molecule has 0 aromatic heterocycles. The molecule has 0 saturated heterocycles. The third-order valence-corrected chi connectivity index (χ3v) is 6.16. The fourth-order valence-electron chi connectivity index (χ4n) is 2.59. The number of nitrogens with one attached hydrogen (secondary N) is 1. The second kappa shape index (κ2) is 9.34. The zero-order chi connectivity index (χ0) is 21.6. The Morgan fingerprint density at radius 3 is 2.48 bits per heavy atom. The number of nitro groups is 1. The first-order valence-electron chi connectivity index (χ1n) is 8.69. The van der Waals surface area contributed by atoms with Gasteiger partial charge in [0.1, 0.15) is 5.69 Å². The van der Waals surface area contributed by atoms with E-state index in [4.69, 9.17) is 4.74 Å². The third-order valence-electron chi connectivity index (χ3n) is 4.11. The van der Waals surface area contributed by atoms with Gasteiger partial charge < -0.3 is 9.84 Å². The molecule has 0 amide bonds. The van der Waals surface area contributed by atoms with E-state index >= 15 is 0 Å². The first-order valence-corrected chi connectivity index (χ1v) is 10.1. The van der Waals surface area contributed by atoms with Crippen molar-refractivity contribution in [2.24, 2.45) is 5.10 Å². The number of nitro benzene ring substituents is 1. The van der Waals surface area contributed by atoms with E-state index in [1.54, 1.807) is 26.0 Å². The summed E-state index contributed by atoms with van der Waals surface area (Å²) in [6.07, 6.45) is 1.35. The molecule has 0 unspecified atom stereocenters. The summed E-state index contributed by atoms with van der Waals surface area (Å²) in [5.41, 5.74) is 2.67. The van der Waals surface area contributed by atoms with Gasteiger partial charge in [-0.2, -0.15) is 9.41 Å². The van der Waals surface area contributed by atoms with Crippen LogP contribution in [0.1, 0.15) is 19.4 Å². The Bertz CT molecular complexity index is 1020. The van der Waals surface area contributed by atoms with Crippen LogP contribution < -0.4 is 10.2 Å². The minimum Gasteiger partial charge on any atom is -0.504 e. The Hall–Kier alpha value is -3.18. The summed E-state index contributed by atoms with van der Waals surface area (Å²) >= 11 is 0. The molecule has 0 spiro atoms. The van der Waals surface area contributed by atoms with Crippen LogP contribution in [0.15, 0.2) is 46.4 Å². The number of hydrogen-bond acceptors (Lipinski definition) is 8. The number of ether oxygens (including phenoxy) is 1. The first-order chi connectivity index (χ1) is 13.7. The Morgan fingerprint density at radius 2 is 1.93 bits per heavy atom. The van der Waals surface area contributed by atoms with Crippen LogP contribution in [0.5, 0.6) is 11.5 Å². The molecular weight excluding hydrogens is 400 g/mol. The Kier molecular flexibility index (Phi) is 7.13. The van der Waals surface area contributed by atoms with Crippen molar-refractivity contribution in [3.8, 4) is 11.5 Å². The quantitative estimate of drug-likeness (QED) is 0.360. The van der Waals surface area contributed by atoms with E-state index in [1.165, 1.54) is 35.8 Å². The lowest BCUT2D eigenvalue weighted by Crippen LogP contribution is -2.30. The van der Waals surface area contributed by atoms with Gasteiger partial charge in [0.25, 0.3) is 5.69 Å². The number of rotatable bonds is 9. The van der Waals surface area contributed by atoms with Crippen molar-refractivity contribution in [3.05, 3.63) is 52.1 Å². The molecule has 0 bridgehead atoms. The lowest BCUT2D eigenvalue weighted by Gasteiger charge is -2.18. The molecule has 2 aromatic carbocycles. The monoisotopic (exact) mass is 422 g/mol. The zero-order valence-electron chi connectivity index (χ0n) is 16.2. The van der Waals surface area contributed by atoms with Crippen LogP contribution in [0.3, 0.4) is 0 Å². The van der Waals surface area contributed by atoms with Crippen LogP contribution >= 0.6 is 0 Å². The lowest BCUT2D eigenvalue weighted by molar-refractivity contribution is -0.384. The molecule has 10 nitrogen and oxygen atoms in total. The Morgan fingerprint density at radius 1 is 1.24 bits per heavy atom. The normalized spacial score (nSPS) is 11.7. The minimum atomic E-state index is -3.83. The van der Waals surface area contributed by atoms with Crippen molar-refractivity contribution >= 4 is 27.6 Å². The topological polar surface area (TPSA) is 134 Å². The van der Waals surface area contributed by atoms with Crippen LogP contribution in [-0.4, -0.2) is 49.2 Å². The van der Waals surface area contributed by atoms with Crippen LogP contribution in [0.25, 0.3) is 0 Å². The maximum Gasteiger partial charge on any atom is 0.295 e. The number of sulfonamides is 1.